The van der Waals surface area contributed by atoms with Crippen LogP contribution in [0.15, 0.2) is 175 Å². The first-order chi connectivity index (χ1) is 32.8. The topological polar surface area (TPSA) is 84.7 Å². The molecule has 0 saturated heterocycles. The average molecular weight is 868 g/mol. The van der Waals surface area contributed by atoms with E-state index < -0.39 is 5.54 Å². The fourth-order valence-electron chi connectivity index (χ4n) is 11.4. The van der Waals surface area contributed by atoms with Crippen LogP contribution in [0.2, 0.25) is 0 Å². The van der Waals surface area contributed by atoms with Crippen molar-refractivity contribution in [3.05, 3.63) is 199 Å². The minimum atomic E-state index is -0.940. The molecule has 0 aliphatic carbocycles. The molecule has 2 atom stereocenters. The number of allylic oxidation sites excluding steroid dienone is 2. The number of hydrogen-bond acceptors (Lipinski definition) is 4. The maximum atomic E-state index is 11.6. The lowest BCUT2D eigenvalue weighted by atomic mass is 9.85. The number of furan rings is 1. The molecule has 4 aromatic heterocycles. The second kappa shape index (κ2) is 15.0. The van der Waals surface area contributed by atoms with Crippen molar-refractivity contribution in [1.82, 2.24) is 13.7 Å². The van der Waals surface area contributed by atoms with Crippen LogP contribution in [0.4, 0.5) is 0 Å². The first-order valence-electron chi connectivity index (χ1n) is 22.9. The van der Waals surface area contributed by atoms with Crippen molar-refractivity contribution in [2.45, 2.75) is 45.3 Å². The van der Waals surface area contributed by atoms with E-state index in [4.69, 9.17) is 9.15 Å². The third kappa shape index (κ3) is 5.68. The molecule has 322 valence electrons. The third-order valence-electron chi connectivity index (χ3n) is 14.3. The Morgan fingerprint density at radius 1 is 0.627 bits per heavy atom. The van der Waals surface area contributed by atoms with E-state index >= 15 is 0 Å². The Labute approximate surface area is 387 Å². The van der Waals surface area contributed by atoms with Crippen molar-refractivity contribution >= 4 is 82.5 Å². The fourth-order valence-corrected chi connectivity index (χ4v) is 11.4. The van der Waals surface area contributed by atoms with Crippen molar-refractivity contribution < 1.29 is 9.15 Å². The highest BCUT2D eigenvalue weighted by Gasteiger charge is 2.39. The summed E-state index contributed by atoms with van der Waals surface area (Å²) < 4.78 is 20.0. The fraction of sp³-hybridized carbons (Fsp3) is 0.133. The summed E-state index contributed by atoms with van der Waals surface area (Å²) in [6, 6.07) is 53.3. The summed E-state index contributed by atoms with van der Waals surface area (Å²) in [5.74, 6) is 1.04. The van der Waals surface area contributed by atoms with Gasteiger partial charge in [-0.25, -0.2) is 0 Å². The second-order valence-corrected chi connectivity index (χ2v) is 18.3. The first kappa shape index (κ1) is 40.0. The molecule has 7 aromatic carbocycles. The predicted molar refractivity (Wildman–Crippen MR) is 273 cm³/mol. The number of aromatic nitrogens is 3. The summed E-state index contributed by atoms with van der Waals surface area (Å²) >= 11 is 0. The number of benzene rings is 7. The molecule has 0 N–H and O–H groups in total. The molecule has 0 bridgehead atoms. The largest absolute Gasteiger partial charge is 0.490 e. The molecule has 0 radical (unpaired) electrons. The highest BCUT2D eigenvalue weighted by atomic mass is 16.5. The van der Waals surface area contributed by atoms with E-state index in [0.717, 1.165) is 105 Å². The van der Waals surface area contributed by atoms with Gasteiger partial charge in [0.25, 0.3) is 0 Å². The van der Waals surface area contributed by atoms with E-state index in [-0.39, 0.29) is 12.0 Å². The quantitative estimate of drug-likeness (QED) is 0.152. The van der Waals surface area contributed by atoms with Crippen LogP contribution < -0.4 is 0 Å². The Balaban J connectivity index is 1.28. The zero-order valence-corrected chi connectivity index (χ0v) is 37.5. The Hall–Kier alpha value is -8.52. The van der Waals surface area contributed by atoms with E-state index in [1.54, 1.807) is 12.1 Å². The van der Waals surface area contributed by atoms with Gasteiger partial charge in [0.2, 0.25) is 0 Å². The lowest BCUT2D eigenvalue weighted by Gasteiger charge is -2.36. The Morgan fingerprint density at radius 2 is 1.19 bits per heavy atom. The third-order valence-corrected chi connectivity index (χ3v) is 14.3. The molecule has 0 spiro atoms. The monoisotopic (exact) mass is 867 g/mol. The van der Waals surface area contributed by atoms with Crippen LogP contribution in [-0.4, -0.2) is 19.8 Å². The summed E-state index contributed by atoms with van der Waals surface area (Å²) in [6.45, 7) is 15.2. The normalized spacial score (nSPS) is 15.4. The number of para-hydroxylation sites is 5. The van der Waals surface area contributed by atoms with Gasteiger partial charge >= 0.3 is 0 Å². The van der Waals surface area contributed by atoms with E-state index in [1.165, 1.54) is 0 Å². The molecule has 67 heavy (non-hydrogen) atoms. The highest BCUT2D eigenvalue weighted by Crippen LogP contribution is 2.49. The summed E-state index contributed by atoms with van der Waals surface area (Å²) in [5, 5.41) is 30.5. The standard InChI is InChI=1S/C60H45N5O2/c1-6-39-29-28-36(3)54(66-39)33-45-42-20-8-13-23-47(42)63(46(45)7-2)58-37(34-61)32-38(35-62)59(57(58)60(4,5)65-49-25-15-9-18-40(49)41-19-10-16-26-50(41)65)64-48-24-14-11-21-43(48)55-51(64)30-31-53-56(55)44-22-12-17-27-52(44)67-53/h6-27,29-32,36,54H,1-2,28,33H2,3-5H3. The summed E-state index contributed by atoms with van der Waals surface area (Å²) in [5.41, 5.74) is 10.4. The Bertz CT molecular complexity index is 3990. The number of hydrogen-bond donors (Lipinski definition) is 0. The molecule has 0 amide bonds. The zero-order chi connectivity index (χ0) is 45.7. The van der Waals surface area contributed by atoms with Gasteiger partial charge in [-0.1, -0.05) is 111 Å². The summed E-state index contributed by atoms with van der Waals surface area (Å²) in [6.07, 6.45) is 7.18. The smallest absolute Gasteiger partial charge is 0.136 e. The predicted octanol–water partition coefficient (Wildman–Crippen LogP) is 14.9. The van der Waals surface area contributed by atoms with Gasteiger partial charge in [-0.3, -0.25) is 0 Å². The van der Waals surface area contributed by atoms with Crippen molar-refractivity contribution in [1.29, 1.82) is 10.5 Å². The first-order valence-corrected chi connectivity index (χ1v) is 22.9. The maximum absolute atomic E-state index is 11.6. The minimum absolute atomic E-state index is 0.120. The molecule has 1 aliphatic rings. The van der Waals surface area contributed by atoms with E-state index in [2.05, 4.69) is 175 Å². The Kier molecular flexibility index (Phi) is 8.97. The Morgan fingerprint density at radius 3 is 1.84 bits per heavy atom. The lowest BCUT2D eigenvalue weighted by Crippen LogP contribution is -2.32. The van der Waals surface area contributed by atoms with Crippen LogP contribution in [0.3, 0.4) is 0 Å². The number of fused-ring (bicyclic) bond motifs is 11. The van der Waals surface area contributed by atoms with E-state index in [0.29, 0.717) is 28.9 Å². The van der Waals surface area contributed by atoms with E-state index in [9.17, 15) is 10.5 Å². The maximum Gasteiger partial charge on any atom is 0.136 e. The van der Waals surface area contributed by atoms with Crippen LogP contribution in [-0.2, 0) is 16.7 Å². The SMILES string of the molecule is C=CC1=CCC(C)C(Cc2c(C=C)n(-c3c(C#N)cc(C#N)c(-n4c5ccccc5c5c6c(ccc54)oc4ccccc46)c3C(C)(C)n3c4ccccc4c4ccccc43)c3ccccc23)O1. The second-order valence-electron chi connectivity index (χ2n) is 18.3. The van der Waals surface area contributed by atoms with Gasteiger partial charge < -0.3 is 22.9 Å². The van der Waals surface area contributed by atoms with Gasteiger partial charge in [-0.05, 0) is 98.5 Å². The molecule has 11 aromatic rings. The molecule has 7 nitrogen and oxygen atoms in total. The number of rotatable bonds is 8. The average Bonchev–Trinajstić information content (AvgIpc) is 4.10. The van der Waals surface area contributed by atoms with Gasteiger partial charge in [0.15, 0.2) is 0 Å². The highest BCUT2D eigenvalue weighted by molar-refractivity contribution is 6.27. The molecule has 0 saturated carbocycles. The molecule has 7 heteroatoms. The molecule has 12 rings (SSSR count). The van der Waals surface area contributed by atoms with Crippen molar-refractivity contribution in [2.24, 2.45) is 5.92 Å². The summed E-state index contributed by atoms with van der Waals surface area (Å²) in [7, 11) is 0. The van der Waals surface area contributed by atoms with Crippen LogP contribution in [0.1, 0.15) is 55.1 Å². The van der Waals surface area contributed by atoms with Crippen molar-refractivity contribution in [3.8, 4) is 23.5 Å². The molecule has 1 aliphatic heterocycles. The molecular weight excluding hydrogens is 823 g/mol. The van der Waals surface area contributed by atoms with Gasteiger partial charge in [0.1, 0.15) is 35.2 Å². The minimum Gasteiger partial charge on any atom is -0.490 e. The zero-order valence-electron chi connectivity index (χ0n) is 37.5. The number of ether oxygens (including phenoxy) is 1. The van der Waals surface area contributed by atoms with Crippen LogP contribution in [0, 0.1) is 28.6 Å². The van der Waals surface area contributed by atoms with Gasteiger partial charge in [0.05, 0.1) is 44.6 Å². The molecule has 5 heterocycles. The van der Waals surface area contributed by atoms with Crippen LogP contribution >= 0.6 is 0 Å². The van der Waals surface area contributed by atoms with E-state index in [1.807, 2.05) is 30.3 Å². The van der Waals surface area contributed by atoms with Crippen LogP contribution in [0.5, 0.6) is 0 Å². The van der Waals surface area contributed by atoms with Crippen molar-refractivity contribution in [2.75, 3.05) is 0 Å². The molecular formula is C60H45N5O2. The van der Waals surface area contributed by atoms with Gasteiger partial charge in [-0.15, -0.1) is 0 Å². The van der Waals surface area contributed by atoms with Crippen molar-refractivity contribution in [3.63, 3.8) is 0 Å². The lowest BCUT2D eigenvalue weighted by molar-refractivity contribution is 0.0640. The van der Waals surface area contributed by atoms with Gasteiger partial charge in [0, 0.05) is 66.4 Å². The number of nitriles is 2. The molecule has 2 unspecified atom stereocenters. The summed E-state index contributed by atoms with van der Waals surface area (Å²) in [4.78, 5) is 0. The molecule has 0 fully saturated rings. The van der Waals surface area contributed by atoms with Gasteiger partial charge in [-0.2, -0.15) is 10.5 Å². The van der Waals surface area contributed by atoms with Crippen LogP contribution in [0.25, 0.3) is 93.9 Å². The number of nitrogens with zero attached hydrogens (tertiary/aromatic N) is 5.